The van der Waals surface area contributed by atoms with Gasteiger partial charge in [-0.2, -0.15) is 9.78 Å². The third-order valence-electron chi connectivity index (χ3n) is 4.68. The van der Waals surface area contributed by atoms with E-state index in [9.17, 15) is 25.0 Å². The summed E-state index contributed by atoms with van der Waals surface area (Å²) in [5.74, 6) is -0.134. The van der Waals surface area contributed by atoms with Crippen LogP contribution in [0, 0.1) is 27.2 Å². The molecule has 2 aromatic carbocycles. The minimum absolute atomic E-state index is 0.0202. The molecule has 12 nitrogen and oxygen atoms in total. The number of halogens is 2. The highest BCUT2D eigenvalue weighted by Crippen LogP contribution is 2.36. The van der Waals surface area contributed by atoms with E-state index < -0.39 is 21.1 Å². The number of hydrogen-bond donors (Lipinski definition) is 0. The molecular formula is C21H12BrClN6O6. The largest absolute Gasteiger partial charge is 0.431 e. The zero-order chi connectivity index (χ0) is 25.3. The quantitative estimate of drug-likeness (QED) is 0.181. The highest BCUT2D eigenvalue weighted by atomic mass is 79.9. The molecule has 0 radical (unpaired) electrons. The number of pyridine rings is 1. The Hall–Kier alpha value is -4.23. The Kier molecular flexibility index (Phi) is 6.53. The first-order valence-electron chi connectivity index (χ1n) is 9.63. The summed E-state index contributed by atoms with van der Waals surface area (Å²) in [6.45, 7) is 1.58. The second-order valence-corrected chi connectivity index (χ2v) is 8.35. The maximum Gasteiger partial charge on any atom is 0.313 e. The summed E-state index contributed by atoms with van der Waals surface area (Å²) >= 11 is 9.38. The molecule has 0 bridgehead atoms. The van der Waals surface area contributed by atoms with E-state index in [1.807, 2.05) is 0 Å². The van der Waals surface area contributed by atoms with Gasteiger partial charge in [-0.05, 0) is 31.2 Å². The molecule has 0 fully saturated rings. The summed E-state index contributed by atoms with van der Waals surface area (Å²) in [5.41, 5.74) is -0.696. The van der Waals surface area contributed by atoms with Crippen molar-refractivity contribution >= 4 is 56.0 Å². The van der Waals surface area contributed by atoms with Gasteiger partial charge in [0, 0.05) is 33.3 Å². The summed E-state index contributed by atoms with van der Waals surface area (Å²) in [6.07, 6.45) is 2.12. The van der Waals surface area contributed by atoms with Crippen LogP contribution in [0.5, 0.6) is 11.6 Å². The van der Waals surface area contributed by atoms with Crippen LogP contribution in [0.15, 0.2) is 63.0 Å². The zero-order valence-corrected chi connectivity index (χ0v) is 19.9. The Morgan fingerprint density at radius 1 is 1.14 bits per heavy atom. The van der Waals surface area contributed by atoms with Gasteiger partial charge in [0.05, 0.1) is 27.0 Å². The van der Waals surface area contributed by atoms with Crippen molar-refractivity contribution in [1.29, 1.82) is 0 Å². The first kappa shape index (κ1) is 23.9. The van der Waals surface area contributed by atoms with Crippen molar-refractivity contribution in [2.75, 3.05) is 0 Å². The molecule has 0 saturated carbocycles. The topological polar surface area (TPSA) is 156 Å². The summed E-state index contributed by atoms with van der Waals surface area (Å²) in [5, 5.41) is 27.0. The van der Waals surface area contributed by atoms with Crippen molar-refractivity contribution in [3.63, 3.8) is 0 Å². The minimum atomic E-state index is -0.712. The van der Waals surface area contributed by atoms with Crippen molar-refractivity contribution in [3.8, 4) is 11.6 Å². The SMILES string of the molecule is Cc1nc2ccc(Br)cc2c(=O)n1N=Cc1cc(Cl)cc([N+](=O)[O-])c1Oc1ccc([N+](=O)[O-])cn1. The average Bonchev–Trinajstić information content (AvgIpc) is 2.81. The van der Waals surface area contributed by atoms with Crippen LogP contribution in [0.4, 0.5) is 11.4 Å². The van der Waals surface area contributed by atoms with Gasteiger partial charge in [0.15, 0.2) is 0 Å². The number of ether oxygens (including phenoxy) is 1. The molecule has 0 N–H and O–H groups in total. The van der Waals surface area contributed by atoms with Gasteiger partial charge in [-0.3, -0.25) is 25.0 Å². The third-order valence-corrected chi connectivity index (χ3v) is 5.39. The molecule has 0 aliphatic heterocycles. The van der Waals surface area contributed by atoms with Crippen molar-refractivity contribution < 1.29 is 14.6 Å². The highest BCUT2D eigenvalue weighted by molar-refractivity contribution is 9.10. The van der Waals surface area contributed by atoms with Crippen LogP contribution >= 0.6 is 27.5 Å². The van der Waals surface area contributed by atoms with Crippen molar-refractivity contribution in [2.45, 2.75) is 6.92 Å². The van der Waals surface area contributed by atoms with Gasteiger partial charge in [-0.25, -0.2) is 9.97 Å². The van der Waals surface area contributed by atoms with Crippen LogP contribution in [-0.4, -0.2) is 30.7 Å². The van der Waals surface area contributed by atoms with Gasteiger partial charge in [-0.15, -0.1) is 0 Å². The molecule has 4 aromatic rings. The molecule has 0 atom stereocenters. The average molecular weight is 560 g/mol. The second-order valence-electron chi connectivity index (χ2n) is 7.00. The Morgan fingerprint density at radius 3 is 2.57 bits per heavy atom. The predicted molar refractivity (Wildman–Crippen MR) is 131 cm³/mol. The van der Waals surface area contributed by atoms with Crippen LogP contribution in [0.3, 0.4) is 0 Å². The Bertz CT molecular complexity index is 1590. The molecule has 176 valence electrons. The van der Waals surface area contributed by atoms with E-state index in [-0.39, 0.29) is 33.7 Å². The molecule has 14 heteroatoms. The number of aryl methyl sites for hydroxylation is 1. The second kappa shape index (κ2) is 9.56. The van der Waals surface area contributed by atoms with Gasteiger partial charge >= 0.3 is 5.69 Å². The lowest BCUT2D eigenvalue weighted by molar-refractivity contribution is -0.385. The predicted octanol–water partition coefficient (Wildman–Crippen LogP) is 5.01. The van der Waals surface area contributed by atoms with E-state index in [1.54, 1.807) is 25.1 Å². The summed E-state index contributed by atoms with van der Waals surface area (Å²) < 4.78 is 7.31. The maximum absolute atomic E-state index is 13.0. The summed E-state index contributed by atoms with van der Waals surface area (Å²) in [6, 6.07) is 9.80. The lowest BCUT2D eigenvalue weighted by Gasteiger charge is -2.10. The van der Waals surface area contributed by atoms with Gasteiger partial charge in [-0.1, -0.05) is 27.5 Å². The van der Waals surface area contributed by atoms with E-state index in [0.717, 1.165) is 23.0 Å². The maximum atomic E-state index is 13.0. The molecule has 0 aliphatic rings. The van der Waals surface area contributed by atoms with E-state index in [2.05, 4.69) is 31.0 Å². The fourth-order valence-electron chi connectivity index (χ4n) is 3.10. The minimum Gasteiger partial charge on any atom is -0.431 e. The molecule has 2 heterocycles. The van der Waals surface area contributed by atoms with Gasteiger partial charge < -0.3 is 4.74 Å². The van der Waals surface area contributed by atoms with E-state index in [4.69, 9.17) is 16.3 Å². The molecular weight excluding hydrogens is 548 g/mol. The lowest BCUT2D eigenvalue weighted by Crippen LogP contribution is -2.20. The van der Waals surface area contributed by atoms with Crippen molar-refractivity contribution in [2.24, 2.45) is 5.10 Å². The molecule has 0 aliphatic carbocycles. The van der Waals surface area contributed by atoms with Crippen LogP contribution in [0.25, 0.3) is 10.9 Å². The van der Waals surface area contributed by atoms with Gasteiger partial charge in [0.1, 0.15) is 12.0 Å². The monoisotopic (exact) mass is 558 g/mol. The molecule has 0 unspecified atom stereocenters. The zero-order valence-electron chi connectivity index (χ0n) is 17.6. The smallest absolute Gasteiger partial charge is 0.313 e. The van der Waals surface area contributed by atoms with Crippen LogP contribution < -0.4 is 10.3 Å². The highest BCUT2D eigenvalue weighted by Gasteiger charge is 2.22. The van der Waals surface area contributed by atoms with Gasteiger partial charge in [0.2, 0.25) is 11.6 Å². The molecule has 0 spiro atoms. The molecule has 2 aromatic heterocycles. The number of hydrogen-bond acceptors (Lipinski definition) is 9. The fourth-order valence-corrected chi connectivity index (χ4v) is 3.69. The molecule has 35 heavy (non-hydrogen) atoms. The summed E-state index contributed by atoms with van der Waals surface area (Å²) in [4.78, 5) is 42.3. The number of nitro benzene ring substituents is 1. The van der Waals surface area contributed by atoms with Crippen molar-refractivity contribution in [3.05, 3.63) is 100 Å². The number of nitrogens with zero attached hydrogens (tertiary/aromatic N) is 6. The van der Waals surface area contributed by atoms with Crippen molar-refractivity contribution in [1.82, 2.24) is 14.6 Å². The number of rotatable bonds is 6. The Morgan fingerprint density at radius 2 is 1.91 bits per heavy atom. The molecule has 4 rings (SSSR count). The van der Waals surface area contributed by atoms with Gasteiger partial charge in [0.25, 0.3) is 11.2 Å². The third kappa shape index (κ3) is 5.00. The number of benzene rings is 2. The van der Waals surface area contributed by atoms with Crippen LogP contribution in [0.1, 0.15) is 11.4 Å². The fraction of sp³-hybridized carbons (Fsp3) is 0.0476. The molecule has 0 saturated heterocycles. The summed E-state index contributed by atoms with van der Waals surface area (Å²) in [7, 11) is 0. The Labute approximate surface area is 208 Å². The van der Waals surface area contributed by atoms with E-state index >= 15 is 0 Å². The molecule has 0 amide bonds. The first-order chi connectivity index (χ1) is 16.6. The number of nitro groups is 2. The normalized spacial score (nSPS) is 11.2. The van der Waals surface area contributed by atoms with Crippen LogP contribution in [0.2, 0.25) is 5.02 Å². The standard InChI is InChI=1S/C21H12BrClN6O6/c1-11-26-17-4-2-13(22)7-16(17)21(30)27(11)25-9-12-6-14(23)8-18(29(33)34)20(12)35-19-5-3-15(10-24-19)28(31)32/h2-10H,1H3. The number of fused-ring (bicyclic) bond motifs is 1. The first-order valence-corrected chi connectivity index (χ1v) is 10.8. The lowest BCUT2D eigenvalue weighted by atomic mass is 10.2. The van der Waals surface area contributed by atoms with E-state index in [0.29, 0.717) is 15.4 Å². The van der Waals surface area contributed by atoms with Crippen LogP contribution in [-0.2, 0) is 0 Å². The van der Waals surface area contributed by atoms with E-state index in [1.165, 1.54) is 18.3 Å². The number of aromatic nitrogens is 3. The Balaban J connectivity index is 1.82.